The van der Waals surface area contributed by atoms with E-state index in [1.807, 2.05) is 0 Å². The number of aryl methyl sites for hydroxylation is 1. The Morgan fingerprint density at radius 3 is 2.79 bits per heavy atom. The Labute approximate surface area is 116 Å². The summed E-state index contributed by atoms with van der Waals surface area (Å²) in [7, 11) is 0. The fraction of sp³-hybridized carbons (Fsp3) is 0.462. The van der Waals surface area contributed by atoms with Crippen molar-refractivity contribution in [3.63, 3.8) is 0 Å². The number of carboxylic acids is 1. The topological polar surface area (TPSA) is 70.5 Å². The standard InChI is InChI=1S/C13H15ClN2O3/c1-8-6-9(7-11(14)15-8)12(17)16-5-3-2-4-10(16)13(18)19/h6-7,10H,2-5H2,1H3,(H,18,19)/t10-/m1/s1. The zero-order valence-electron chi connectivity index (χ0n) is 10.6. The first kappa shape index (κ1) is 13.8. The van der Waals surface area contributed by atoms with Gasteiger partial charge in [0, 0.05) is 17.8 Å². The molecule has 2 rings (SSSR count). The van der Waals surface area contributed by atoms with E-state index in [9.17, 15) is 14.7 Å². The molecule has 1 aromatic rings. The Morgan fingerprint density at radius 1 is 1.42 bits per heavy atom. The first-order valence-corrected chi connectivity index (χ1v) is 6.55. The van der Waals surface area contributed by atoms with Crippen molar-refractivity contribution in [3.05, 3.63) is 28.5 Å². The van der Waals surface area contributed by atoms with E-state index in [4.69, 9.17) is 11.6 Å². The molecule has 1 fully saturated rings. The maximum atomic E-state index is 12.4. The third kappa shape index (κ3) is 3.04. The molecule has 1 aliphatic rings. The van der Waals surface area contributed by atoms with Gasteiger partial charge in [-0.2, -0.15) is 0 Å². The van der Waals surface area contributed by atoms with Crippen molar-refractivity contribution in [2.75, 3.05) is 6.54 Å². The smallest absolute Gasteiger partial charge is 0.326 e. The van der Waals surface area contributed by atoms with Crippen LogP contribution in [0.3, 0.4) is 0 Å². The molecule has 0 aromatic carbocycles. The normalized spacial score (nSPS) is 19.3. The Balaban J connectivity index is 2.28. The zero-order valence-corrected chi connectivity index (χ0v) is 11.4. The summed E-state index contributed by atoms with van der Waals surface area (Å²) in [4.78, 5) is 29.0. The van der Waals surface area contributed by atoms with E-state index in [0.29, 0.717) is 24.2 Å². The lowest BCUT2D eigenvalue weighted by atomic mass is 10.0. The number of carbonyl (C=O) groups excluding carboxylic acids is 1. The summed E-state index contributed by atoms with van der Waals surface area (Å²) >= 11 is 5.83. The number of carboxylic acid groups (broad SMARTS) is 1. The van der Waals surface area contributed by atoms with Gasteiger partial charge >= 0.3 is 5.97 Å². The van der Waals surface area contributed by atoms with Gasteiger partial charge in [0.2, 0.25) is 0 Å². The van der Waals surface area contributed by atoms with Crippen molar-refractivity contribution >= 4 is 23.5 Å². The van der Waals surface area contributed by atoms with E-state index in [1.54, 1.807) is 13.0 Å². The molecule has 1 atom stereocenters. The van der Waals surface area contributed by atoms with Crippen molar-refractivity contribution in [1.29, 1.82) is 0 Å². The summed E-state index contributed by atoms with van der Waals surface area (Å²) in [5, 5.41) is 9.42. The van der Waals surface area contributed by atoms with Gasteiger partial charge in [0.25, 0.3) is 5.91 Å². The van der Waals surface area contributed by atoms with Gasteiger partial charge in [-0.3, -0.25) is 4.79 Å². The fourth-order valence-electron chi connectivity index (χ4n) is 2.35. The number of halogens is 1. The summed E-state index contributed by atoms with van der Waals surface area (Å²) in [6, 6.07) is 2.36. The van der Waals surface area contributed by atoms with E-state index in [1.165, 1.54) is 11.0 Å². The summed E-state index contributed by atoms with van der Waals surface area (Å²) in [6.07, 6.45) is 2.16. The molecule has 0 bridgehead atoms. The molecule has 5 nitrogen and oxygen atoms in total. The monoisotopic (exact) mass is 282 g/mol. The van der Waals surface area contributed by atoms with Crippen LogP contribution in [0.5, 0.6) is 0 Å². The minimum Gasteiger partial charge on any atom is -0.480 e. The first-order valence-electron chi connectivity index (χ1n) is 6.17. The minimum atomic E-state index is -0.954. The van der Waals surface area contributed by atoms with E-state index in [-0.39, 0.29) is 11.1 Å². The number of carbonyl (C=O) groups is 2. The maximum Gasteiger partial charge on any atom is 0.326 e. The number of piperidine rings is 1. The maximum absolute atomic E-state index is 12.4. The molecule has 1 aromatic heterocycles. The minimum absolute atomic E-state index is 0.243. The largest absolute Gasteiger partial charge is 0.480 e. The number of hydrogen-bond acceptors (Lipinski definition) is 3. The molecule has 19 heavy (non-hydrogen) atoms. The van der Waals surface area contributed by atoms with Gasteiger partial charge in [-0.15, -0.1) is 0 Å². The molecular formula is C13H15ClN2O3. The third-order valence-corrected chi connectivity index (χ3v) is 3.41. The molecule has 0 spiro atoms. The number of nitrogens with zero attached hydrogens (tertiary/aromatic N) is 2. The lowest BCUT2D eigenvalue weighted by molar-refractivity contribution is -0.143. The molecule has 0 radical (unpaired) electrons. The predicted octanol–water partition coefficient (Wildman–Crippen LogP) is 2.12. The van der Waals surface area contributed by atoms with Gasteiger partial charge in [0.1, 0.15) is 11.2 Å². The van der Waals surface area contributed by atoms with Crippen LogP contribution in [-0.2, 0) is 4.79 Å². The predicted molar refractivity (Wildman–Crippen MR) is 70.3 cm³/mol. The number of aromatic nitrogens is 1. The lowest BCUT2D eigenvalue weighted by Gasteiger charge is -2.33. The molecular weight excluding hydrogens is 268 g/mol. The molecule has 102 valence electrons. The second kappa shape index (κ2) is 5.57. The van der Waals surface area contributed by atoms with Crippen molar-refractivity contribution in [2.24, 2.45) is 0 Å². The number of hydrogen-bond donors (Lipinski definition) is 1. The van der Waals surface area contributed by atoms with Gasteiger partial charge in [0.15, 0.2) is 0 Å². The molecule has 0 saturated carbocycles. The van der Waals surface area contributed by atoms with Gasteiger partial charge in [0.05, 0.1) is 0 Å². The highest BCUT2D eigenvalue weighted by molar-refractivity contribution is 6.29. The highest BCUT2D eigenvalue weighted by atomic mass is 35.5. The van der Waals surface area contributed by atoms with Gasteiger partial charge in [-0.25, -0.2) is 9.78 Å². The molecule has 0 unspecified atom stereocenters. The average molecular weight is 283 g/mol. The molecule has 6 heteroatoms. The van der Waals surface area contributed by atoms with Crippen LogP contribution in [0.1, 0.15) is 35.3 Å². The van der Waals surface area contributed by atoms with Crippen LogP contribution in [0.15, 0.2) is 12.1 Å². The summed E-state index contributed by atoms with van der Waals surface area (Å²) in [5.41, 5.74) is 1.03. The Kier molecular flexibility index (Phi) is 4.04. The highest BCUT2D eigenvalue weighted by Gasteiger charge is 2.32. The summed E-state index contributed by atoms with van der Waals surface area (Å²) < 4.78 is 0. The average Bonchev–Trinajstić information content (AvgIpc) is 2.36. The molecule has 0 aliphatic carbocycles. The second-order valence-corrected chi connectivity index (χ2v) is 5.06. The van der Waals surface area contributed by atoms with Crippen molar-refractivity contribution in [3.8, 4) is 0 Å². The highest BCUT2D eigenvalue weighted by Crippen LogP contribution is 2.21. The van der Waals surface area contributed by atoms with Crippen LogP contribution in [-0.4, -0.2) is 39.5 Å². The van der Waals surface area contributed by atoms with E-state index in [2.05, 4.69) is 4.98 Å². The molecule has 2 heterocycles. The van der Waals surface area contributed by atoms with Crippen molar-refractivity contribution in [2.45, 2.75) is 32.2 Å². The van der Waals surface area contributed by atoms with Crippen LogP contribution < -0.4 is 0 Å². The van der Waals surface area contributed by atoms with Crippen LogP contribution in [0.25, 0.3) is 0 Å². The summed E-state index contributed by atoms with van der Waals surface area (Å²) in [5.74, 6) is -1.25. The second-order valence-electron chi connectivity index (χ2n) is 4.67. The number of aliphatic carboxylic acids is 1. The molecule has 1 aliphatic heterocycles. The Bertz CT molecular complexity index is 498. The Hall–Kier alpha value is -1.62. The number of pyridine rings is 1. The molecule has 1 saturated heterocycles. The Morgan fingerprint density at radius 2 is 2.16 bits per heavy atom. The lowest BCUT2D eigenvalue weighted by Crippen LogP contribution is -2.48. The van der Waals surface area contributed by atoms with Gasteiger partial charge < -0.3 is 10.0 Å². The van der Waals surface area contributed by atoms with E-state index < -0.39 is 12.0 Å². The van der Waals surface area contributed by atoms with E-state index >= 15 is 0 Å². The van der Waals surface area contributed by atoms with Gasteiger partial charge in [-0.1, -0.05) is 11.6 Å². The van der Waals surface area contributed by atoms with Crippen molar-refractivity contribution < 1.29 is 14.7 Å². The molecule has 1 amide bonds. The van der Waals surface area contributed by atoms with Gasteiger partial charge in [-0.05, 0) is 38.3 Å². The third-order valence-electron chi connectivity index (χ3n) is 3.22. The SMILES string of the molecule is Cc1cc(C(=O)N2CCCC[C@@H]2C(=O)O)cc(Cl)n1. The number of amides is 1. The number of rotatable bonds is 2. The van der Waals surface area contributed by atoms with Crippen LogP contribution in [0.2, 0.25) is 5.15 Å². The van der Waals surface area contributed by atoms with Crippen LogP contribution in [0, 0.1) is 6.92 Å². The number of likely N-dealkylation sites (tertiary alicyclic amines) is 1. The van der Waals surface area contributed by atoms with Crippen LogP contribution in [0.4, 0.5) is 0 Å². The van der Waals surface area contributed by atoms with E-state index in [0.717, 1.165) is 12.8 Å². The summed E-state index contributed by atoms with van der Waals surface area (Å²) in [6.45, 7) is 2.21. The fourth-order valence-corrected chi connectivity index (χ4v) is 2.60. The first-order chi connectivity index (χ1) is 8.99. The molecule has 1 N–H and O–H groups in total. The van der Waals surface area contributed by atoms with Crippen LogP contribution >= 0.6 is 11.6 Å². The zero-order chi connectivity index (χ0) is 14.0. The van der Waals surface area contributed by atoms with Crippen molar-refractivity contribution in [1.82, 2.24) is 9.88 Å². The quantitative estimate of drug-likeness (QED) is 0.844.